The molecule has 0 unspecified atom stereocenters. The fraction of sp³-hybridized carbons (Fsp3) is 0.188. The molecule has 2 heterocycles. The van der Waals surface area contributed by atoms with Crippen LogP contribution in [0, 0.1) is 6.92 Å². The Bertz CT molecular complexity index is 808. The summed E-state index contributed by atoms with van der Waals surface area (Å²) in [6.45, 7) is 2.32. The lowest BCUT2D eigenvalue weighted by Crippen LogP contribution is -2.06. The molecule has 0 atom stereocenters. The van der Waals surface area contributed by atoms with Gasteiger partial charge >= 0.3 is 5.97 Å². The molecule has 5 nitrogen and oxygen atoms in total. The zero-order chi connectivity index (χ0) is 14.8. The number of aliphatic carboxylic acids is 1. The molecule has 2 aromatic heterocycles. The second-order valence-electron chi connectivity index (χ2n) is 4.86. The second kappa shape index (κ2) is 5.36. The lowest BCUT2D eigenvalue weighted by Gasteiger charge is -2.09. The molecular formula is C16H15N3O2. The molecule has 0 aliphatic carbocycles. The highest BCUT2D eigenvalue weighted by molar-refractivity contribution is 5.81. The van der Waals surface area contributed by atoms with Crippen LogP contribution in [0.15, 0.2) is 42.6 Å². The Labute approximate surface area is 121 Å². The summed E-state index contributed by atoms with van der Waals surface area (Å²) in [5.74, 6) is -0.0512. The number of imidazole rings is 1. The van der Waals surface area contributed by atoms with E-state index in [0.717, 1.165) is 28.1 Å². The number of hydrogen-bond donors (Lipinski definition) is 1. The Morgan fingerprint density at radius 1 is 1.24 bits per heavy atom. The quantitative estimate of drug-likeness (QED) is 0.798. The van der Waals surface area contributed by atoms with E-state index in [0.29, 0.717) is 6.54 Å². The number of para-hydroxylation sites is 2. The molecule has 106 valence electrons. The number of aryl methyl sites for hydroxylation is 2. The molecule has 5 heteroatoms. The molecular weight excluding hydrogens is 266 g/mol. The van der Waals surface area contributed by atoms with Crippen LogP contribution in [0.4, 0.5) is 0 Å². The molecule has 0 spiro atoms. The van der Waals surface area contributed by atoms with Crippen molar-refractivity contribution in [3.8, 4) is 11.4 Å². The van der Waals surface area contributed by atoms with Crippen molar-refractivity contribution in [2.75, 3.05) is 0 Å². The zero-order valence-corrected chi connectivity index (χ0v) is 11.7. The average molecular weight is 281 g/mol. The highest BCUT2D eigenvalue weighted by Gasteiger charge is 2.15. The van der Waals surface area contributed by atoms with Gasteiger partial charge < -0.3 is 9.67 Å². The summed E-state index contributed by atoms with van der Waals surface area (Å²) >= 11 is 0. The van der Waals surface area contributed by atoms with Crippen LogP contribution in [0.3, 0.4) is 0 Å². The van der Waals surface area contributed by atoms with E-state index in [9.17, 15) is 4.79 Å². The Morgan fingerprint density at radius 2 is 2.05 bits per heavy atom. The standard InChI is InChI=1S/C16H15N3O2/c1-11-12(5-4-9-17-11)16-18-13-6-2-3-7-14(13)19(16)10-8-15(20)21/h2-7,9H,8,10H2,1H3,(H,20,21). The summed E-state index contributed by atoms with van der Waals surface area (Å²) in [4.78, 5) is 19.8. The third-order valence-corrected chi connectivity index (χ3v) is 3.45. The van der Waals surface area contributed by atoms with Gasteiger partial charge in [0.25, 0.3) is 0 Å². The molecule has 0 radical (unpaired) electrons. The smallest absolute Gasteiger partial charge is 0.305 e. The van der Waals surface area contributed by atoms with Crippen LogP contribution in [-0.4, -0.2) is 25.6 Å². The average Bonchev–Trinajstić information content (AvgIpc) is 2.84. The van der Waals surface area contributed by atoms with E-state index in [-0.39, 0.29) is 6.42 Å². The summed E-state index contributed by atoms with van der Waals surface area (Å²) in [6.07, 6.45) is 1.80. The summed E-state index contributed by atoms with van der Waals surface area (Å²) in [5, 5.41) is 8.95. The summed E-state index contributed by atoms with van der Waals surface area (Å²) < 4.78 is 1.95. The third-order valence-electron chi connectivity index (χ3n) is 3.45. The fourth-order valence-corrected chi connectivity index (χ4v) is 2.44. The Hall–Kier alpha value is -2.69. The van der Waals surface area contributed by atoms with Gasteiger partial charge in [0.05, 0.1) is 17.5 Å². The first-order valence-electron chi connectivity index (χ1n) is 6.76. The maximum absolute atomic E-state index is 10.9. The lowest BCUT2D eigenvalue weighted by atomic mass is 10.2. The van der Waals surface area contributed by atoms with Crippen LogP contribution in [0.2, 0.25) is 0 Å². The van der Waals surface area contributed by atoms with E-state index < -0.39 is 5.97 Å². The van der Waals surface area contributed by atoms with Crippen molar-refractivity contribution in [3.63, 3.8) is 0 Å². The van der Waals surface area contributed by atoms with Gasteiger partial charge in [0.1, 0.15) is 5.82 Å². The van der Waals surface area contributed by atoms with Crippen molar-refractivity contribution in [2.45, 2.75) is 19.9 Å². The Morgan fingerprint density at radius 3 is 2.81 bits per heavy atom. The van der Waals surface area contributed by atoms with Crippen molar-refractivity contribution in [1.29, 1.82) is 0 Å². The topological polar surface area (TPSA) is 68.0 Å². The maximum atomic E-state index is 10.9. The number of benzene rings is 1. The lowest BCUT2D eigenvalue weighted by molar-refractivity contribution is -0.137. The summed E-state index contributed by atoms with van der Waals surface area (Å²) in [6, 6.07) is 11.6. The largest absolute Gasteiger partial charge is 0.481 e. The summed E-state index contributed by atoms with van der Waals surface area (Å²) in [7, 11) is 0. The van der Waals surface area contributed by atoms with Crippen LogP contribution < -0.4 is 0 Å². The van der Waals surface area contributed by atoms with Gasteiger partial charge in [-0.3, -0.25) is 9.78 Å². The molecule has 0 saturated carbocycles. The minimum absolute atomic E-state index is 0.0622. The van der Waals surface area contributed by atoms with Gasteiger partial charge in [-0.15, -0.1) is 0 Å². The monoisotopic (exact) mass is 281 g/mol. The number of carboxylic acids is 1. The predicted molar refractivity (Wildman–Crippen MR) is 80.0 cm³/mol. The number of aromatic nitrogens is 3. The Balaban J connectivity index is 2.19. The fourth-order valence-electron chi connectivity index (χ4n) is 2.44. The van der Waals surface area contributed by atoms with E-state index in [1.807, 2.05) is 47.9 Å². The van der Waals surface area contributed by atoms with Gasteiger partial charge in [-0.1, -0.05) is 12.1 Å². The zero-order valence-electron chi connectivity index (χ0n) is 11.7. The number of fused-ring (bicyclic) bond motifs is 1. The van der Waals surface area contributed by atoms with E-state index >= 15 is 0 Å². The van der Waals surface area contributed by atoms with Crippen LogP contribution >= 0.6 is 0 Å². The highest BCUT2D eigenvalue weighted by Crippen LogP contribution is 2.26. The molecule has 1 aromatic carbocycles. The molecule has 0 fully saturated rings. The molecule has 0 saturated heterocycles. The second-order valence-corrected chi connectivity index (χ2v) is 4.86. The normalized spacial score (nSPS) is 10.9. The molecule has 0 aliphatic heterocycles. The van der Waals surface area contributed by atoms with Crippen LogP contribution in [-0.2, 0) is 11.3 Å². The van der Waals surface area contributed by atoms with Crippen LogP contribution in [0.1, 0.15) is 12.1 Å². The molecule has 0 aliphatic rings. The molecule has 21 heavy (non-hydrogen) atoms. The van der Waals surface area contributed by atoms with Crippen molar-refractivity contribution >= 4 is 17.0 Å². The van der Waals surface area contributed by atoms with Crippen molar-refractivity contribution in [1.82, 2.24) is 14.5 Å². The predicted octanol–water partition coefficient (Wildman–Crippen LogP) is 2.88. The number of nitrogens with zero attached hydrogens (tertiary/aromatic N) is 3. The first kappa shape index (κ1) is 13.3. The number of carbonyl (C=O) groups is 1. The van der Waals surface area contributed by atoms with E-state index in [4.69, 9.17) is 5.11 Å². The number of rotatable bonds is 4. The molecule has 3 aromatic rings. The van der Waals surface area contributed by atoms with Gasteiger partial charge in [-0.2, -0.15) is 0 Å². The van der Waals surface area contributed by atoms with Gasteiger partial charge in [0.2, 0.25) is 0 Å². The highest BCUT2D eigenvalue weighted by atomic mass is 16.4. The van der Waals surface area contributed by atoms with E-state index in [1.54, 1.807) is 6.20 Å². The van der Waals surface area contributed by atoms with Crippen molar-refractivity contribution in [2.24, 2.45) is 0 Å². The van der Waals surface area contributed by atoms with Gasteiger partial charge in [-0.25, -0.2) is 4.98 Å². The number of pyridine rings is 1. The third kappa shape index (κ3) is 2.50. The van der Waals surface area contributed by atoms with Gasteiger partial charge in [-0.05, 0) is 31.2 Å². The molecule has 1 N–H and O–H groups in total. The van der Waals surface area contributed by atoms with Crippen molar-refractivity contribution < 1.29 is 9.90 Å². The van der Waals surface area contributed by atoms with Gasteiger partial charge in [0, 0.05) is 24.0 Å². The first-order chi connectivity index (χ1) is 10.2. The Kier molecular flexibility index (Phi) is 3.39. The number of hydrogen-bond acceptors (Lipinski definition) is 3. The molecule has 0 bridgehead atoms. The SMILES string of the molecule is Cc1ncccc1-c1nc2ccccc2n1CCC(=O)O. The van der Waals surface area contributed by atoms with Gasteiger partial charge in [0.15, 0.2) is 0 Å². The minimum atomic E-state index is -0.818. The van der Waals surface area contributed by atoms with Crippen LogP contribution in [0.25, 0.3) is 22.4 Å². The number of carboxylic acid groups (broad SMARTS) is 1. The van der Waals surface area contributed by atoms with Crippen LogP contribution in [0.5, 0.6) is 0 Å². The minimum Gasteiger partial charge on any atom is -0.481 e. The summed E-state index contributed by atoms with van der Waals surface area (Å²) in [5.41, 5.74) is 3.61. The molecule has 0 amide bonds. The van der Waals surface area contributed by atoms with E-state index in [2.05, 4.69) is 9.97 Å². The molecule has 3 rings (SSSR count). The van der Waals surface area contributed by atoms with Crippen molar-refractivity contribution in [3.05, 3.63) is 48.3 Å². The first-order valence-corrected chi connectivity index (χ1v) is 6.76. The maximum Gasteiger partial charge on any atom is 0.305 e. The van der Waals surface area contributed by atoms with E-state index in [1.165, 1.54) is 0 Å².